The molecule has 47 heavy (non-hydrogen) atoms. The van der Waals surface area contributed by atoms with Crippen molar-refractivity contribution in [2.45, 2.75) is 233 Å². The van der Waals surface area contributed by atoms with Crippen molar-refractivity contribution in [2.75, 3.05) is 13.2 Å². The zero-order valence-corrected chi connectivity index (χ0v) is 32.1. The van der Waals surface area contributed by atoms with Crippen LogP contribution in [0.25, 0.3) is 0 Å². The SMILES string of the molecule is CC(C)CCCCCCCCCCCCCCCCC(=O)OC[C@H](CO)OC(=O)CCCCCCCCCCCCCCCC(C)C. The summed E-state index contributed by atoms with van der Waals surface area (Å²) in [7, 11) is 0. The smallest absolute Gasteiger partial charge is 0.306 e. The summed E-state index contributed by atoms with van der Waals surface area (Å²) in [6.07, 6.45) is 37.4. The third-order valence-corrected chi connectivity index (χ3v) is 9.51. The number of rotatable bonds is 37. The number of ether oxygens (including phenoxy) is 2. The quantitative estimate of drug-likeness (QED) is 0.0527. The summed E-state index contributed by atoms with van der Waals surface area (Å²) in [5, 5.41) is 9.56. The van der Waals surface area contributed by atoms with Crippen LogP contribution >= 0.6 is 0 Å². The normalized spacial score (nSPS) is 12.2. The van der Waals surface area contributed by atoms with Gasteiger partial charge >= 0.3 is 11.9 Å². The van der Waals surface area contributed by atoms with Gasteiger partial charge in [-0.2, -0.15) is 0 Å². The van der Waals surface area contributed by atoms with Crippen molar-refractivity contribution in [2.24, 2.45) is 11.8 Å². The van der Waals surface area contributed by atoms with E-state index >= 15 is 0 Å². The molecule has 0 radical (unpaired) electrons. The van der Waals surface area contributed by atoms with E-state index in [-0.39, 0.29) is 25.2 Å². The van der Waals surface area contributed by atoms with Gasteiger partial charge in [0.25, 0.3) is 0 Å². The second-order valence-electron chi connectivity index (χ2n) is 15.4. The number of carbonyl (C=O) groups is 2. The van der Waals surface area contributed by atoms with Gasteiger partial charge in [0, 0.05) is 12.8 Å². The van der Waals surface area contributed by atoms with Crippen molar-refractivity contribution in [1.82, 2.24) is 0 Å². The fourth-order valence-electron chi connectivity index (χ4n) is 6.34. The van der Waals surface area contributed by atoms with Crippen LogP contribution in [0.2, 0.25) is 0 Å². The third-order valence-electron chi connectivity index (χ3n) is 9.51. The van der Waals surface area contributed by atoms with Crippen molar-refractivity contribution in [1.29, 1.82) is 0 Å². The van der Waals surface area contributed by atoms with E-state index in [9.17, 15) is 14.7 Å². The van der Waals surface area contributed by atoms with E-state index in [0.717, 1.165) is 43.9 Å². The molecule has 0 bridgehead atoms. The molecule has 0 saturated heterocycles. The molecule has 0 aliphatic rings. The molecule has 0 saturated carbocycles. The number of esters is 2. The minimum atomic E-state index is -0.763. The minimum absolute atomic E-state index is 0.0582. The highest BCUT2D eigenvalue weighted by Gasteiger charge is 2.16. The zero-order chi connectivity index (χ0) is 34.6. The minimum Gasteiger partial charge on any atom is -0.462 e. The second kappa shape index (κ2) is 36.2. The van der Waals surface area contributed by atoms with Gasteiger partial charge in [-0.15, -0.1) is 0 Å². The van der Waals surface area contributed by atoms with Crippen LogP contribution in [0.4, 0.5) is 0 Å². The van der Waals surface area contributed by atoms with Crippen molar-refractivity contribution < 1.29 is 24.2 Å². The van der Waals surface area contributed by atoms with Crippen LogP contribution < -0.4 is 0 Å². The Morgan fingerprint density at radius 3 is 1.00 bits per heavy atom. The molecular weight excluding hydrogens is 584 g/mol. The van der Waals surface area contributed by atoms with E-state index < -0.39 is 6.10 Å². The highest BCUT2D eigenvalue weighted by molar-refractivity contribution is 5.70. The van der Waals surface area contributed by atoms with Crippen molar-refractivity contribution in [3.05, 3.63) is 0 Å². The van der Waals surface area contributed by atoms with Gasteiger partial charge in [0.2, 0.25) is 0 Å². The molecule has 0 fully saturated rings. The molecule has 0 unspecified atom stereocenters. The molecule has 0 aliphatic heterocycles. The maximum atomic E-state index is 12.2. The van der Waals surface area contributed by atoms with Gasteiger partial charge < -0.3 is 14.6 Å². The summed E-state index contributed by atoms with van der Waals surface area (Å²) in [5.74, 6) is 1.12. The first-order valence-corrected chi connectivity index (χ1v) is 20.8. The average Bonchev–Trinajstić information content (AvgIpc) is 3.04. The van der Waals surface area contributed by atoms with E-state index in [1.807, 2.05) is 0 Å². The summed E-state index contributed by atoms with van der Waals surface area (Å²) in [6.45, 7) is 8.87. The maximum absolute atomic E-state index is 12.2. The van der Waals surface area contributed by atoms with Gasteiger partial charge in [0.1, 0.15) is 6.61 Å². The van der Waals surface area contributed by atoms with Crippen LogP contribution in [0.3, 0.4) is 0 Å². The van der Waals surface area contributed by atoms with Crippen LogP contribution in [0.1, 0.15) is 227 Å². The molecule has 280 valence electrons. The summed E-state index contributed by atoms with van der Waals surface area (Å²) in [4.78, 5) is 24.3. The van der Waals surface area contributed by atoms with E-state index in [0.29, 0.717) is 12.8 Å². The van der Waals surface area contributed by atoms with Gasteiger partial charge in [0.15, 0.2) is 6.10 Å². The Bertz CT molecular complexity index is 661. The number of hydrogen-bond acceptors (Lipinski definition) is 5. The highest BCUT2D eigenvalue weighted by atomic mass is 16.6. The lowest BCUT2D eigenvalue weighted by Gasteiger charge is -2.15. The Labute approximate surface area is 293 Å². The average molecular weight is 667 g/mol. The number of aliphatic hydroxyl groups excluding tert-OH is 1. The molecule has 0 aromatic heterocycles. The monoisotopic (exact) mass is 667 g/mol. The molecule has 0 rings (SSSR count). The van der Waals surface area contributed by atoms with Crippen molar-refractivity contribution in [3.63, 3.8) is 0 Å². The van der Waals surface area contributed by atoms with E-state index in [1.54, 1.807) is 0 Å². The first kappa shape index (κ1) is 45.9. The number of carbonyl (C=O) groups excluding carboxylic acids is 2. The Balaban J connectivity index is 3.49. The Morgan fingerprint density at radius 1 is 0.426 bits per heavy atom. The largest absolute Gasteiger partial charge is 0.462 e. The summed E-state index contributed by atoms with van der Waals surface area (Å²) in [5.41, 5.74) is 0. The summed E-state index contributed by atoms with van der Waals surface area (Å²) < 4.78 is 10.6. The molecule has 0 amide bonds. The van der Waals surface area contributed by atoms with E-state index in [1.165, 1.54) is 154 Å². The molecule has 1 N–H and O–H groups in total. The summed E-state index contributed by atoms with van der Waals surface area (Å²) in [6, 6.07) is 0. The Morgan fingerprint density at radius 2 is 0.702 bits per heavy atom. The van der Waals surface area contributed by atoms with Crippen molar-refractivity contribution >= 4 is 11.9 Å². The Hall–Kier alpha value is -1.10. The molecule has 0 aliphatic carbocycles. The molecule has 0 spiro atoms. The molecule has 1 atom stereocenters. The van der Waals surface area contributed by atoms with E-state index in [2.05, 4.69) is 27.7 Å². The highest BCUT2D eigenvalue weighted by Crippen LogP contribution is 2.17. The lowest BCUT2D eigenvalue weighted by atomic mass is 10.0. The number of unbranched alkanes of at least 4 members (excludes halogenated alkanes) is 25. The predicted octanol–water partition coefficient (Wildman–Crippen LogP) is 12.8. The van der Waals surface area contributed by atoms with Gasteiger partial charge in [0.05, 0.1) is 6.61 Å². The van der Waals surface area contributed by atoms with Gasteiger partial charge in [-0.3, -0.25) is 9.59 Å². The molecule has 0 aromatic rings. The van der Waals surface area contributed by atoms with Crippen LogP contribution in [-0.2, 0) is 19.1 Å². The van der Waals surface area contributed by atoms with Gasteiger partial charge in [-0.25, -0.2) is 0 Å². The molecule has 0 aromatic carbocycles. The standard InChI is InChI=1S/C42H82O5/c1-38(2)32-28-24-20-16-12-8-5-6-10-14-18-22-26-30-34-41(44)46-37-40(36-43)47-42(45)35-31-27-23-19-15-11-7-9-13-17-21-25-29-33-39(3)4/h38-40,43H,5-37H2,1-4H3/t40-/m0/s1. The zero-order valence-electron chi connectivity index (χ0n) is 32.1. The lowest BCUT2D eigenvalue weighted by molar-refractivity contribution is -0.161. The van der Waals surface area contributed by atoms with Crippen LogP contribution in [0.5, 0.6) is 0 Å². The van der Waals surface area contributed by atoms with E-state index in [4.69, 9.17) is 9.47 Å². The van der Waals surface area contributed by atoms with Gasteiger partial charge in [-0.1, -0.05) is 201 Å². The van der Waals surface area contributed by atoms with Crippen LogP contribution in [0, 0.1) is 11.8 Å². The summed E-state index contributed by atoms with van der Waals surface area (Å²) >= 11 is 0. The molecular formula is C42H82O5. The number of aliphatic hydroxyl groups is 1. The molecule has 5 nitrogen and oxygen atoms in total. The second-order valence-corrected chi connectivity index (χ2v) is 15.4. The fraction of sp³-hybridized carbons (Fsp3) is 0.952. The molecule has 0 heterocycles. The fourth-order valence-corrected chi connectivity index (χ4v) is 6.34. The lowest BCUT2D eigenvalue weighted by Crippen LogP contribution is -2.28. The Kier molecular flexibility index (Phi) is 35.3. The number of hydrogen-bond donors (Lipinski definition) is 1. The van der Waals surface area contributed by atoms with Crippen LogP contribution in [-0.4, -0.2) is 36.4 Å². The van der Waals surface area contributed by atoms with Crippen molar-refractivity contribution in [3.8, 4) is 0 Å². The maximum Gasteiger partial charge on any atom is 0.306 e. The van der Waals surface area contributed by atoms with Crippen LogP contribution in [0.15, 0.2) is 0 Å². The first-order valence-electron chi connectivity index (χ1n) is 20.8. The molecule has 5 heteroatoms. The first-order chi connectivity index (χ1) is 22.8. The topological polar surface area (TPSA) is 72.8 Å². The third kappa shape index (κ3) is 37.6. The predicted molar refractivity (Wildman–Crippen MR) is 201 cm³/mol. The van der Waals surface area contributed by atoms with Gasteiger partial charge in [-0.05, 0) is 24.7 Å².